The molecule has 0 amide bonds. The molecule has 0 bridgehead atoms. The molecule has 0 fully saturated rings. The van der Waals surface area contributed by atoms with E-state index < -0.39 is 0 Å². The maximum absolute atomic E-state index is 12.2. The third kappa shape index (κ3) is 16.5. The third-order valence-corrected chi connectivity index (χ3v) is 7.47. The first kappa shape index (κ1) is 32.9. The van der Waals surface area contributed by atoms with Crippen LogP contribution in [0.1, 0.15) is 157 Å². The summed E-state index contributed by atoms with van der Waals surface area (Å²) in [5.41, 5.74) is 3.20. The van der Waals surface area contributed by atoms with Crippen LogP contribution in [-0.4, -0.2) is 5.78 Å². The maximum Gasteiger partial charge on any atom is 0.133 e. The molecule has 0 saturated heterocycles. The summed E-state index contributed by atoms with van der Waals surface area (Å²) in [6.45, 7) is 14.6. The standard InChI is InChI=1S/C21H38O.C10H16.C2H6/c1-4-10-19(6-3)20(11-5-2)15-17-21(22)16-14-18-12-8-7-9-13-18;1-2-3-7-10-8-5-4-6-9-10;1-2/h12,19-20H,4-11,13-17H2,1-3H3;2,8H,1,3-7,9H2;1-2H3. The summed E-state index contributed by atoms with van der Waals surface area (Å²) < 4.78 is 0. The summed E-state index contributed by atoms with van der Waals surface area (Å²) in [6, 6.07) is 0. The van der Waals surface area contributed by atoms with Crippen LogP contribution < -0.4 is 0 Å². The average molecular weight is 473 g/mol. The Kier molecular flexibility index (Phi) is 22.9. The summed E-state index contributed by atoms with van der Waals surface area (Å²) >= 11 is 0. The molecule has 2 unspecified atom stereocenters. The van der Waals surface area contributed by atoms with E-state index in [4.69, 9.17) is 0 Å². The molecule has 1 nitrogen and oxygen atoms in total. The number of hydrogen-bond donors (Lipinski definition) is 0. The first-order chi connectivity index (χ1) is 16.6. The summed E-state index contributed by atoms with van der Waals surface area (Å²) in [7, 11) is 0. The summed E-state index contributed by atoms with van der Waals surface area (Å²) in [5.74, 6) is 2.10. The van der Waals surface area contributed by atoms with Gasteiger partial charge < -0.3 is 0 Å². The Morgan fingerprint density at radius 1 is 0.824 bits per heavy atom. The van der Waals surface area contributed by atoms with Crippen LogP contribution in [0.25, 0.3) is 0 Å². The van der Waals surface area contributed by atoms with E-state index in [9.17, 15) is 4.79 Å². The number of ketones is 1. The lowest BCUT2D eigenvalue weighted by molar-refractivity contribution is -0.119. The van der Waals surface area contributed by atoms with Gasteiger partial charge in [0, 0.05) is 12.8 Å². The Morgan fingerprint density at radius 2 is 1.38 bits per heavy atom. The Morgan fingerprint density at radius 3 is 1.85 bits per heavy atom. The van der Waals surface area contributed by atoms with Gasteiger partial charge in [0.15, 0.2) is 0 Å². The van der Waals surface area contributed by atoms with Crippen molar-refractivity contribution in [1.29, 1.82) is 0 Å². The molecule has 0 radical (unpaired) electrons. The smallest absolute Gasteiger partial charge is 0.133 e. The molecule has 2 rings (SSSR count). The highest BCUT2D eigenvalue weighted by Gasteiger charge is 2.19. The molecule has 2 aliphatic carbocycles. The van der Waals surface area contributed by atoms with Crippen molar-refractivity contribution in [2.24, 2.45) is 11.8 Å². The van der Waals surface area contributed by atoms with Gasteiger partial charge in [-0.25, -0.2) is 0 Å². The number of carbonyl (C=O) groups is 1. The van der Waals surface area contributed by atoms with Crippen molar-refractivity contribution in [3.8, 4) is 0 Å². The highest BCUT2D eigenvalue weighted by Crippen LogP contribution is 2.30. The number of allylic oxidation sites excluding steroid dienone is 5. The molecular weight excluding hydrogens is 412 g/mol. The molecule has 0 aromatic rings. The topological polar surface area (TPSA) is 17.1 Å². The predicted octanol–water partition coefficient (Wildman–Crippen LogP) is 11.3. The van der Waals surface area contributed by atoms with Gasteiger partial charge in [0.1, 0.15) is 5.78 Å². The van der Waals surface area contributed by atoms with E-state index in [2.05, 4.69) is 39.5 Å². The Labute approximate surface area is 215 Å². The zero-order valence-electron chi connectivity index (χ0n) is 23.9. The van der Waals surface area contributed by atoms with Crippen LogP contribution >= 0.6 is 0 Å². The molecule has 198 valence electrons. The predicted molar refractivity (Wildman–Crippen MR) is 154 cm³/mol. The largest absolute Gasteiger partial charge is 0.300 e. The first-order valence-electron chi connectivity index (χ1n) is 15.1. The summed E-state index contributed by atoms with van der Waals surface area (Å²) in [5, 5.41) is 0. The Hall–Kier alpha value is -1.11. The Balaban J connectivity index is 0.000000753. The van der Waals surface area contributed by atoms with Gasteiger partial charge in [-0.15, -0.1) is 6.58 Å². The van der Waals surface area contributed by atoms with Crippen LogP contribution in [0.2, 0.25) is 0 Å². The van der Waals surface area contributed by atoms with Crippen molar-refractivity contribution < 1.29 is 4.79 Å². The fourth-order valence-corrected chi connectivity index (χ4v) is 5.45. The van der Waals surface area contributed by atoms with Crippen molar-refractivity contribution in [2.45, 2.75) is 157 Å². The number of hydrogen-bond acceptors (Lipinski definition) is 1. The van der Waals surface area contributed by atoms with E-state index in [0.29, 0.717) is 5.78 Å². The van der Waals surface area contributed by atoms with E-state index in [-0.39, 0.29) is 0 Å². The van der Waals surface area contributed by atoms with Gasteiger partial charge in [-0.3, -0.25) is 4.79 Å². The van der Waals surface area contributed by atoms with Gasteiger partial charge in [0.2, 0.25) is 0 Å². The van der Waals surface area contributed by atoms with E-state index in [1.807, 2.05) is 19.9 Å². The molecule has 34 heavy (non-hydrogen) atoms. The van der Waals surface area contributed by atoms with Crippen LogP contribution in [-0.2, 0) is 4.79 Å². The molecule has 0 saturated carbocycles. The molecular formula is C33H60O. The van der Waals surface area contributed by atoms with Crippen LogP contribution in [0, 0.1) is 11.8 Å². The number of carbonyl (C=O) groups excluding carboxylic acids is 1. The van der Waals surface area contributed by atoms with E-state index in [1.165, 1.54) is 89.9 Å². The normalized spacial score (nSPS) is 17.1. The molecule has 2 atom stereocenters. The highest BCUT2D eigenvalue weighted by atomic mass is 16.1. The zero-order valence-corrected chi connectivity index (χ0v) is 23.9. The van der Waals surface area contributed by atoms with Crippen molar-refractivity contribution in [2.75, 3.05) is 0 Å². The summed E-state index contributed by atoms with van der Waals surface area (Å²) in [6.07, 6.45) is 30.0. The van der Waals surface area contributed by atoms with Gasteiger partial charge in [-0.1, -0.05) is 96.1 Å². The molecule has 1 heteroatoms. The molecule has 0 aliphatic heterocycles. The van der Waals surface area contributed by atoms with Crippen LogP contribution in [0.4, 0.5) is 0 Å². The number of rotatable bonds is 15. The average Bonchev–Trinajstić information content (AvgIpc) is 2.90. The number of Topliss-reactive ketones (excluding diaryl/α,β-unsaturated/α-hetero) is 1. The minimum Gasteiger partial charge on any atom is -0.300 e. The van der Waals surface area contributed by atoms with Gasteiger partial charge in [-0.2, -0.15) is 0 Å². The second-order valence-corrected chi connectivity index (χ2v) is 10.1. The molecule has 0 spiro atoms. The van der Waals surface area contributed by atoms with E-state index >= 15 is 0 Å². The second kappa shape index (κ2) is 23.6. The monoisotopic (exact) mass is 472 g/mol. The third-order valence-electron chi connectivity index (χ3n) is 7.47. The lowest BCUT2D eigenvalue weighted by Crippen LogP contribution is -2.16. The molecule has 0 N–H and O–H groups in total. The SMILES string of the molecule is C=CCCC1=CCCCC1.CC.CCCC(CC)C(CCC)CCC(=O)CCC1=CCCCC1. The molecule has 0 heterocycles. The van der Waals surface area contributed by atoms with Gasteiger partial charge in [0.25, 0.3) is 0 Å². The highest BCUT2D eigenvalue weighted by molar-refractivity contribution is 5.78. The van der Waals surface area contributed by atoms with Crippen LogP contribution in [0.15, 0.2) is 36.0 Å². The fraction of sp³-hybridized carbons (Fsp3) is 0.788. The molecule has 2 aliphatic rings. The van der Waals surface area contributed by atoms with Crippen molar-refractivity contribution in [1.82, 2.24) is 0 Å². The quantitative estimate of drug-likeness (QED) is 0.216. The maximum atomic E-state index is 12.2. The van der Waals surface area contributed by atoms with Crippen molar-refractivity contribution in [3.63, 3.8) is 0 Å². The van der Waals surface area contributed by atoms with E-state index in [0.717, 1.165) is 43.9 Å². The second-order valence-electron chi connectivity index (χ2n) is 10.1. The van der Waals surface area contributed by atoms with Gasteiger partial charge in [0.05, 0.1) is 0 Å². The minimum absolute atomic E-state index is 0.499. The van der Waals surface area contributed by atoms with Gasteiger partial charge in [-0.05, 0) is 88.9 Å². The zero-order chi connectivity index (χ0) is 25.4. The van der Waals surface area contributed by atoms with Crippen molar-refractivity contribution >= 4 is 5.78 Å². The van der Waals surface area contributed by atoms with Crippen LogP contribution in [0.5, 0.6) is 0 Å². The lowest BCUT2D eigenvalue weighted by Gasteiger charge is -2.25. The van der Waals surface area contributed by atoms with Crippen molar-refractivity contribution in [3.05, 3.63) is 36.0 Å². The van der Waals surface area contributed by atoms with Crippen LogP contribution in [0.3, 0.4) is 0 Å². The molecule has 0 aromatic heterocycles. The van der Waals surface area contributed by atoms with Gasteiger partial charge >= 0.3 is 0 Å². The van der Waals surface area contributed by atoms with E-state index in [1.54, 1.807) is 11.1 Å². The first-order valence-corrected chi connectivity index (χ1v) is 15.1. The summed E-state index contributed by atoms with van der Waals surface area (Å²) in [4.78, 5) is 12.2. The lowest BCUT2D eigenvalue weighted by atomic mass is 9.80. The molecule has 0 aromatic carbocycles. The Bertz CT molecular complexity index is 553. The minimum atomic E-state index is 0.499. The fourth-order valence-electron chi connectivity index (χ4n) is 5.45.